The molecule has 0 saturated carbocycles. The molecule has 1 aromatic carbocycles. The molecule has 0 aliphatic heterocycles. The van der Waals surface area contributed by atoms with Crippen LogP contribution in [-0.4, -0.2) is 50.2 Å². The van der Waals surface area contributed by atoms with E-state index in [1.807, 2.05) is 0 Å². The van der Waals surface area contributed by atoms with Gasteiger partial charge in [-0.3, -0.25) is 0 Å². The minimum atomic E-state index is 0. The summed E-state index contributed by atoms with van der Waals surface area (Å²) in [6, 6.07) is 14.0. The number of rotatable bonds is 36. The maximum Gasteiger partial charge on any atom is 0.173 e. The lowest BCUT2D eigenvalue weighted by Crippen LogP contribution is -3.00. The highest BCUT2D eigenvalue weighted by molar-refractivity contribution is 5.29. The van der Waals surface area contributed by atoms with Gasteiger partial charge in [0.2, 0.25) is 0 Å². The van der Waals surface area contributed by atoms with Gasteiger partial charge < -0.3 is 59.9 Å². The third-order valence-electron chi connectivity index (χ3n) is 11.7. The van der Waals surface area contributed by atoms with Gasteiger partial charge in [0.05, 0.1) is 41.3 Å². The number of pyridine rings is 1. The van der Waals surface area contributed by atoms with E-state index >= 15 is 0 Å². The van der Waals surface area contributed by atoms with Crippen molar-refractivity contribution in [2.75, 3.05) is 41.3 Å². The van der Waals surface area contributed by atoms with E-state index in [-0.39, 0.29) is 50.9 Å². The van der Waals surface area contributed by atoms with Gasteiger partial charge in [0.15, 0.2) is 18.9 Å². The molecule has 0 fully saturated rings. The van der Waals surface area contributed by atoms with Crippen molar-refractivity contribution < 1.29 is 64.5 Å². The number of hydrogen-bond acceptors (Lipinski definition) is 0. The lowest BCUT2D eigenvalue weighted by atomic mass is 10.0. The molecule has 1 heterocycles. The van der Waals surface area contributed by atoms with Crippen LogP contribution in [0.3, 0.4) is 0 Å². The zero-order chi connectivity index (χ0) is 38.3. The predicted molar refractivity (Wildman–Crippen MR) is 234 cm³/mol. The van der Waals surface area contributed by atoms with Crippen molar-refractivity contribution in [2.24, 2.45) is 0 Å². The van der Waals surface area contributed by atoms with Crippen LogP contribution in [0, 0.1) is 0 Å². The van der Waals surface area contributed by atoms with Gasteiger partial charge in [-0.15, -0.1) is 0 Å². The molecule has 328 valence electrons. The predicted octanol–water partition coefficient (Wildman–Crippen LogP) is 5.15. The van der Waals surface area contributed by atoms with Gasteiger partial charge in [-0.25, -0.2) is 4.57 Å². The van der Waals surface area contributed by atoms with Crippen LogP contribution in [0.4, 0.5) is 0 Å². The topological polar surface area (TPSA) is 3.88 Å². The Balaban J connectivity index is 0. The lowest BCUT2D eigenvalue weighted by Gasteiger charge is -2.32. The Kier molecular flexibility index (Phi) is 38.9. The Morgan fingerprint density at radius 3 is 0.929 bits per heavy atom. The zero-order valence-corrected chi connectivity index (χ0v) is 42.7. The third kappa shape index (κ3) is 32.6. The van der Waals surface area contributed by atoms with E-state index in [4.69, 9.17) is 0 Å². The van der Waals surface area contributed by atoms with Crippen molar-refractivity contribution in [2.45, 2.75) is 213 Å². The number of aromatic nitrogens is 1. The Morgan fingerprint density at radius 2 is 0.625 bits per heavy atom. The Bertz CT molecular complexity index is 1060. The molecule has 0 atom stereocenters. The zero-order valence-electron chi connectivity index (χ0n) is 37.9. The van der Waals surface area contributed by atoms with Crippen LogP contribution < -0.4 is 55.5 Å². The molecule has 0 saturated heterocycles. The van der Waals surface area contributed by atoms with Crippen LogP contribution in [0.15, 0.2) is 48.8 Å². The maximum absolute atomic E-state index is 2.55. The summed E-state index contributed by atoms with van der Waals surface area (Å²) in [5, 5.41) is 0. The summed E-state index contributed by atoms with van der Waals surface area (Å²) in [5.74, 6) is 0. The second-order valence-electron chi connectivity index (χ2n) is 18.5. The highest BCUT2D eigenvalue weighted by Crippen LogP contribution is 2.21. The van der Waals surface area contributed by atoms with E-state index in [0.29, 0.717) is 0 Å². The summed E-state index contributed by atoms with van der Waals surface area (Å²) in [6.07, 6.45) is 44.4. The van der Waals surface area contributed by atoms with E-state index < -0.39 is 0 Å². The molecular weight excluding hydrogens is 882 g/mol. The SMILES string of the molecule is CCCCCCCCCCCCCCCC[N+](C)(C)Cc1cc(C[n+]2ccccc2)cc(C[N+](C)(C)CCCCCCCCCCCCCCCC)c1.[Br-].[Br-].[Br-]. The fourth-order valence-corrected chi connectivity index (χ4v) is 8.48. The first-order valence-electron chi connectivity index (χ1n) is 23.4. The molecule has 0 radical (unpaired) electrons. The van der Waals surface area contributed by atoms with Crippen LogP contribution in [0.25, 0.3) is 0 Å². The summed E-state index contributed by atoms with van der Waals surface area (Å²) >= 11 is 0. The number of unbranched alkanes of at least 4 members (excludes halogenated alkanes) is 26. The number of nitrogens with zero attached hydrogens (tertiary/aromatic N) is 3. The van der Waals surface area contributed by atoms with Gasteiger partial charge in [-0.1, -0.05) is 174 Å². The molecule has 56 heavy (non-hydrogen) atoms. The van der Waals surface area contributed by atoms with Crippen molar-refractivity contribution in [1.82, 2.24) is 0 Å². The van der Waals surface area contributed by atoms with E-state index in [2.05, 4.69) is 95.4 Å². The molecule has 0 unspecified atom stereocenters. The van der Waals surface area contributed by atoms with Crippen molar-refractivity contribution in [3.8, 4) is 0 Å². The fourth-order valence-electron chi connectivity index (χ4n) is 8.48. The van der Waals surface area contributed by atoms with Crippen molar-refractivity contribution in [3.63, 3.8) is 0 Å². The number of halogens is 3. The molecule has 0 aliphatic rings. The number of benzene rings is 1. The normalized spacial score (nSPS) is 11.5. The van der Waals surface area contributed by atoms with Crippen LogP contribution in [0.2, 0.25) is 0 Å². The highest BCUT2D eigenvalue weighted by atomic mass is 79.9. The Hall–Kier alpha value is -0.270. The molecular formula is C50H92Br3N3. The largest absolute Gasteiger partial charge is 1.00 e. The molecule has 1 aromatic heterocycles. The fraction of sp³-hybridized carbons (Fsp3) is 0.780. The second-order valence-corrected chi connectivity index (χ2v) is 18.5. The lowest BCUT2D eigenvalue weighted by molar-refractivity contribution is -0.904. The van der Waals surface area contributed by atoms with Gasteiger partial charge in [0.1, 0.15) is 13.1 Å². The highest BCUT2D eigenvalue weighted by Gasteiger charge is 2.20. The van der Waals surface area contributed by atoms with Gasteiger partial charge >= 0.3 is 0 Å². The minimum absolute atomic E-state index is 0. The van der Waals surface area contributed by atoms with E-state index in [1.54, 1.807) is 0 Å². The van der Waals surface area contributed by atoms with Crippen molar-refractivity contribution in [3.05, 3.63) is 65.5 Å². The van der Waals surface area contributed by atoms with Gasteiger partial charge in [-0.05, 0) is 43.9 Å². The summed E-state index contributed by atoms with van der Waals surface area (Å²) < 4.78 is 4.49. The van der Waals surface area contributed by atoms with E-state index in [1.165, 1.54) is 210 Å². The van der Waals surface area contributed by atoms with Crippen molar-refractivity contribution in [1.29, 1.82) is 0 Å². The van der Waals surface area contributed by atoms with Crippen LogP contribution in [0.1, 0.15) is 210 Å². The van der Waals surface area contributed by atoms with E-state index in [9.17, 15) is 0 Å². The molecule has 2 rings (SSSR count). The van der Waals surface area contributed by atoms with Crippen molar-refractivity contribution >= 4 is 0 Å². The summed E-state index contributed by atoms with van der Waals surface area (Å²) in [6.45, 7) is 10.3. The standard InChI is InChI=1S/C50H92N3.3BrH/c1-7-9-11-13-15-17-19-21-23-25-27-29-31-36-40-52(3,4)46-49-42-48(45-51-38-34-33-35-39-51)43-50(44-49)47-53(5,6)41-37-32-30-28-26-24-22-20-18-16-14-12-10-8-2;;;/h33-35,38-39,42-44H,7-32,36-37,40-41,45-47H2,1-6H3;3*1H/q+3;;;/p-3. The smallest absolute Gasteiger partial charge is 0.173 e. The number of quaternary nitrogens is 2. The van der Waals surface area contributed by atoms with Gasteiger partial charge in [0.25, 0.3) is 0 Å². The van der Waals surface area contributed by atoms with Crippen LogP contribution in [-0.2, 0) is 19.6 Å². The van der Waals surface area contributed by atoms with Gasteiger partial charge in [-0.2, -0.15) is 0 Å². The second kappa shape index (κ2) is 37.7. The monoisotopic (exact) mass is 971 g/mol. The molecule has 3 nitrogen and oxygen atoms in total. The average molecular weight is 975 g/mol. The first kappa shape index (κ1) is 57.8. The van der Waals surface area contributed by atoms with Crippen LogP contribution >= 0.6 is 0 Å². The molecule has 6 heteroatoms. The number of hydrogen-bond donors (Lipinski definition) is 0. The molecule has 0 bridgehead atoms. The first-order valence-corrected chi connectivity index (χ1v) is 23.4. The third-order valence-corrected chi connectivity index (χ3v) is 11.7. The molecule has 2 aromatic rings. The van der Waals surface area contributed by atoms with E-state index in [0.717, 1.165) is 28.6 Å². The molecule has 0 spiro atoms. The summed E-state index contributed by atoms with van der Waals surface area (Å²) in [7, 11) is 9.82. The van der Waals surface area contributed by atoms with Gasteiger partial charge in [0, 0.05) is 28.8 Å². The summed E-state index contributed by atoms with van der Waals surface area (Å²) in [5.41, 5.74) is 4.48. The summed E-state index contributed by atoms with van der Waals surface area (Å²) in [4.78, 5) is 0. The quantitative estimate of drug-likeness (QED) is 0.0507. The molecule has 0 N–H and O–H groups in total. The maximum atomic E-state index is 2.55. The molecule has 0 amide bonds. The Labute approximate surface area is 382 Å². The van der Waals surface area contributed by atoms with Crippen LogP contribution in [0.5, 0.6) is 0 Å². The Morgan fingerprint density at radius 1 is 0.357 bits per heavy atom. The minimum Gasteiger partial charge on any atom is -1.00 e. The first-order chi connectivity index (χ1) is 25.7. The molecule has 0 aliphatic carbocycles. The average Bonchev–Trinajstić information content (AvgIpc) is 3.11.